The summed E-state index contributed by atoms with van der Waals surface area (Å²) in [7, 11) is 1.68. The Kier molecular flexibility index (Phi) is 5.84. The van der Waals surface area contributed by atoms with Crippen LogP contribution in [0.3, 0.4) is 0 Å². The molecule has 1 heterocycles. The molecule has 0 spiro atoms. The third-order valence-electron chi connectivity index (χ3n) is 5.01. The van der Waals surface area contributed by atoms with Gasteiger partial charge in [0.1, 0.15) is 5.82 Å². The molecule has 3 rings (SSSR count). The van der Waals surface area contributed by atoms with E-state index >= 15 is 0 Å². The number of nitrogens with zero attached hydrogens (tertiary/aromatic N) is 3. The van der Waals surface area contributed by atoms with E-state index in [9.17, 15) is 9.59 Å². The van der Waals surface area contributed by atoms with Crippen molar-refractivity contribution in [2.24, 2.45) is 7.05 Å². The molecule has 0 bridgehead atoms. The molecule has 0 aliphatic rings. The lowest BCUT2D eigenvalue weighted by atomic mass is 10.1. The number of aromatic nitrogens is 2. The van der Waals surface area contributed by atoms with Crippen LogP contribution in [0, 0.1) is 6.92 Å². The van der Waals surface area contributed by atoms with Gasteiger partial charge in [0.25, 0.3) is 11.5 Å². The van der Waals surface area contributed by atoms with Crippen molar-refractivity contribution in [1.29, 1.82) is 0 Å². The van der Waals surface area contributed by atoms with Gasteiger partial charge in [0.15, 0.2) is 0 Å². The Morgan fingerprint density at radius 3 is 2.64 bits per heavy atom. The zero-order valence-electron chi connectivity index (χ0n) is 16.6. The maximum atomic E-state index is 13.3. The average molecular weight is 398 g/mol. The molecule has 28 heavy (non-hydrogen) atoms. The van der Waals surface area contributed by atoms with Gasteiger partial charge < -0.3 is 4.90 Å². The molecule has 0 saturated carbocycles. The average Bonchev–Trinajstić information content (AvgIpc) is 2.68. The van der Waals surface area contributed by atoms with E-state index in [0.717, 1.165) is 12.0 Å². The molecule has 6 heteroatoms. The Morgan fingerprint density at radius 2 is 1.96 bits per heavy atom. The third kappa shape index (κ3) is 3.67. The summed E-state index contributed by atoms with van der Waals surface area (Å²) in [5.41, 5.74) is 2.00. The number of amides is 1. The van der Waals surface area contributed by atoms with Gasteiger partial charge in [0, 0.05) is 24.2 Å². The molecule has 1 atom stereocenters. The van der Waals surface area contributed by atoms with Gasteiger partial charge in [0.2, 0.25) is 0 Å². The second-order valence-electron chi connectivity index (χ2n) is 6.99. The predicted molar refractivity (Wildman–Crippen MR) is 113 cm³/mol. The van der Waals surface area contributed by atoms with Crippen LogP contribution in [0.2, 0.25) is 5.02 Å². The Bertz CT molecular complexity index is 1090. The summed E-state index contributed by atoms with van der Waals surface area (Å²) < 4.78 is 1.51. The second kappa shape index (κ2) is 8.15. The van der Waals surface area contributed by atoms with Crippen LogP contribution in [0.15, 0.2) is 47.3 Å². The Balaban J connectivity index is 2.09. The smallest absolute Gasteiger partial charge is 0.261 e. The highest BCUT2D eigenvalue weighted by Gasteiger charge is 2.26. The van der Waals surface area contributed by atoms with E-state index < -0.39 is 0 Å². The fourth-order valence-electron chi connectivity index (χ4n) is 3.45. The van der Waals surface area contributed by atoms with Crippen LogP contribution in [-0.2, 0) is 7.05 Å². The molecule has 0 aliphatic carbocycles. The van der Waals surface area contributed by atoms with Gasteiger partial charge in [-0.2, -0.15) is 0 Å². The van der Waals surface area contributed by atoms with Gasteiger partial charge in [-0.15, -0.1) is 0 Å². The summed E-state index contributed by atoms with van der Waals surface area (Å²) in [6.07, 6.45) is 0.805. The Labute approximate surface area is 169 Å². The molecule has 1 unspecified atom stereocenters. The molecular formula is C22H24ClN3O2. The first kappa shape index (κ1) is 20.1. The van der Waals surface area contributed by atoms with Crippen molar-refractivity contribution in [3.63, 3.8) is 0 Å². The number of rotatable bonds is 5. The molecular weight excluding hydrogens is 374 g/mol. The highest BCUT2D eigenvalue weighted by Crippen LogP contribution is 2.24. The highest BCUT2D eigenvalue weighted by molar-refractivity contribution is 6.31. The highest BCUT2D eigenvalue weighted by atomic mass is 35.5. The van der Waals surface area contributed by atoms with E-state index in [0.29, 0.717) is 33.9 Å². The lowest BCUT2D eigenvalue weighted by Crippen LogP contribution is -2.38. The van der Waals surface area contributed by atoms with Crippen LogP contribution < -0.4 is 5.56 Å². The van der Waals surface area contributed by atoms with E-state index in [1.165, 1.54) is 4.57 Å². The summed E-state index contributed by atoms with van der Waals surface area (Å²) in [6, 6.07) is 12.3. The molecule has 2 aromatic carbocycles. The lowest BCUT2D eigenvalue weighted by Gasteiger charge is -2.30. The maximum absolute atomic E-state index is 13.3. The quantitative estimate of drug-likeness (QED) is 0.636. The first-order valence-corrected chi connectivity index (χ1v) is 9.75. The van der Waals surface area contributed by atoms with Crippen LogP contribution in [0.4, 0.5) is 0 Å². The molecule has 146 valence electrons. The SMILES string of the molecule is CCCN(C(=O)c1ccccc1C)C(C)c1nc2ccc(Cl)cc2c(=O)n1C. The van der Waals surface area contributed by atoms with Crippen LogP contribution in [0.1, 0.15) is 48.1 Å². The fraction of sp³-hybridized carbons (Fsp3) is 0.318. The van der Waals surface area contributed by atoms with E-state index in [4.69, 9.17) is 11.6 Å². The van der Waals surface area contributed by atoms with Crippen LogP contribution in [0.25, 0.3) is 10.9 Å². The number of hydrogen-bond acceptors (Lipinski definition) is 3. The van der Waals surface area contributed by atoms with Crippen molar-refractivity contribution >= 4 is 28.4 Å². The molecule has 3 aromatic rings. The van der Waals surface area contributed by atoms with Crippen molar-refractivity contribution in [3.05, 3.63) is 74.8 Å². The summed E-state index contributed by atoms with van der Waals surface area (Å²) in [6.45, 7) is 6.44. The predicted octanol–water partition coefficient (Wildman–Crippen LogP) is 4.51. The maximum Gasteiger partial charge on any atom is 0.261 e. The minimum Gasteiger partial charge on any atom is -0.329 e. The number of fused-ring (bicyclic) bond motifs is 1. The monoisotopic (exact) mass is 397 g/mol. The largest absolute Gasteiger partial charge is 0.329 e. The zero-order valence-corrected chi connectivity index (χ0v) is 17.3. The fourth-order valence-corrected chi connectivity index (χ4v) is 3.62. The van der Waals surface area contributed by atoms with Gasteiger partial charge >= 0.3 is 0 Å². The van der Waals surface area contributed by atoms with Gasteiger partial charge in [-0.1, -0.05) is 36.7 Å². The minimum absolute atomic E-state index is 0.0575. The molecule has 0 radical (unpaired) electrons. The number of carbonyl (C=O) groups excluding carboxylic acids is 1. The zero-order chi connectivity index (χ0) is 20.4. The van der Waals surface area contributed by atoms with Crippen molar-refractivity contribution < 1.29 is 4.79 Å². The standard InChI is InChI=1S/C22H24ClN3O2/c1-5-12-26(22(28)17-9-7-6-8-14(17)2)15(3)20-24-19-11-10-16(23)13-18(19)21(27)25(20)4/h6-11,13,15H,5,12H2,1-4H3. The number of halogens is 1. The molecule has 5 nitrogen and oxygen atoms in total. The first-order valence-electron chi connectivity index (χ1n) is 9.38. The van der Waals surface area contributed by atoms with Crippen molar-refractivity contribution in [1.82, 2.24) is 14.5 Å². The molecule has 0 N–H and O–H groups in total. The summed E-state index contributed by atoms with van der Waals surface area (Å²) >= 11 is 6.03. The third-order valence-corrected chi connectivity index (χ3v) is 5.25. The van der Waals surface area contributed by atoms with Crippen molar-refractivity contribution in [2.75, 3.05) is 6.54 Å². The summed E-state index contributed by atoms with van der Waals surface area (Å²) in [5, 5.41) is 0.966. The van der Waals surface area contributed by atoms with Crippen LogP contribution >= 0.6 is 11.6 Å². The summed E-state index contributed by atoms with van der Waals surface area (Å²) in [4.78, 5) is 32.6. The number of carbonyl (C=O) groups is 1. The second-order valence-corrected chi connectivity index (χ2v) is 7.42. The molecule has 0 saturated heterocycles. The number of benzene rings is 2. The number of hydrogen-bond donors (Lipinski definition) is 0. The number of aryl methyl sites for hydroxylation is 1. The van der Waals surface area contributed by atoms with Crippen molar-refractivity contribution in [3.8, 4) is 0 Å². The van der Waals surface area contributed by atoms with E-state index in [1.54, 1.807) is 30.1 Å². The van der Waals surface area contributed by atoms with E-state index in [1.807, 2.05) is 45.0 Å². The van der Waals surface area contributed by atoms with E-state index in [2.05, 4.69) is 4.98 Å². The van der Waals surface area contributed by atoms with Crippen LogP contribution in [0.5, 0.6) is 0 Å². The Hall–Kier alpha value is -2.66. The van der Waals surface area contributed by atoms with Crippen molar-refractivity contribution in [2.45, 2.75) is 33.2 Å². The van der Waals surface area contributed by atoms with Gasteiger partial charge in [-0.25, -0.2) is 4.98 Å². The molecule has 1 amide bonds. The lowest BCUT2D eigenvalue weighted by molar-refractivity contribution is 0.0679. The topological polar surface area (TPSA) is 55.2 Å². The summed E-state index contributed by atoms with van der Waals surface area (Å²) in [5.74, 6) is 0.494. The van der Waals surface area contributed by atoms with Gasteiger partial charge in [0.05, 0.1) is 16.9 Å². The van der Waals surface area contributed by atoms with Gasteiger partial charge in [-0.3, -0.25) is 14.2 Å². The normalized spacial score (nSPS) is 12.2. The molecule has 0 aliphatic heterocycles. The van der Waals surface area contributed by atoms with E-state index in [-0.39, 0.29) is 17.5 Å². The minimum atomic E-state index is -0.357. The van der Waals surface area contributed by atoms with Crippen LogP contribution in [-0.4, -0.2) is 26.9 Å². The molecule has 1 aromatic heterocycles. The molecule has 0 fully saturated rings. The Morgan fingerprint density at radius 1 is 1.25 bits per heavy atom. The first-order chi connectivity index (χ1) is 13.3. The van der Waals surface area contributed by atoms with Gasteiger partial charge in [-0.05, 0) is 50.1 Å².